The van der Waals surface area contributed by atoms with Gasteiger partial charge in [-0.2, -0.15) is 0 Å². The summed E-state index contributed by atoms with van der Waals surface area (Å²) in [6.07, 6.45) is 5.07. The van der Waals surface area contributed by atoms with Crippen molar-refractivity contribution in [2.24, 2.45) is 0 Å². The van der Waals surface area contributed by atoms with E-state index in [1.54, 1.807) is 0 Å². The molecule has 0 fully saturated rings. The molecule has 0 aliphatic rings. The summed E-state index contributed by atoms with van der Waals surface area (Å²) >= 11 is 0. The minimum atomic E-state index is -0.408. The number of hydrogen-bond donors (Lipinski definition) is 0. The van der Waals surface area contributed by atoms with Crippen LogP contribution < -0.4 is 0 Å². The van der Waals surface area contributed by atoms with Gasteiger partial charge in [-0.3, -0.25) is 0 Å². The number of ether oxygens (including phenoxy) is 12. The van der Waals surface area contributed by atoms with E-state index in [2.05, 4.69) is 10.7 Å². The summed E-state index contributed by atoms with van der Waals surface area (Å²) in [4.78, 5) is 10.8. The molecule has 0 bridgehead atoms. The SMILES string of the molecule is C#CCOCCOCCOCCOCCOCCOCCOCCOCCOCCOCCOCC(=O)OC. The molecule has 0 rings (SSSR count). The molecule has 0 saturated carbocycles. The molecule has 13 nitrogen and oxygen atoms in total. The Bertz CT molecular complexity index is 530. The Morgan fingerprint density at radius 2 is 0.667 bits per heavy atom. The lowest BCUT2D eigenvalue weighted by atomic mass is 10.6. The Balaban J connectivity index is 3.04. The summed E-state index contributed by atoms with van der Waals surface area (Å²) in [7, 11) is 1.31. The van der Waals surface area contributed by atoms with Gasteiger partial charge in [0.25, 0.3) is 0 Å². The van der Waals surface area contributed by atoms with E-state index in [0.717, 1.165) is 0 Å². The number of esters is 1. The average molecular weight is 569 g/mol. The lowest BCUT2D eigenvalue weighted by Gasteiger charge is -2.09. The molecule has 0 spiro atoms. The van der Waals surface area contributed by atoms with Crippen LogP contribution in [0.3, 0.4) is 0 Å². The molecular weight excluding hydrogens is 520 g/mol. The highest BCUT2D eigenvalue weighted by Crippen LogP contribution is 1.87. The Morgan fingerprint density at radius 1 is 0.436 bits per heavy atom. The van der Waals surface area contributed by atoms with Crippen LogP contribution in [0.5, 0.6) is 0 Å². The summed E-state index contributed by atoms with van der Waals surface area (Å²) in [5.41, 5.74) is 0. The van der Waals surface area contributed by atoms with Crippen LogP contribution in [0.15, 0.2) is 0 Å². The predicted octanol–water partition coefficient (Wildman–Crippen LogP) is -0.0248. The van der Waals surface area contributed by atoms with Gasteiger partial charge in [0.15, 0.2) is 0 Å². The van der Waals surface area contributed by atoms with Gasteiger partial charge in [0.2, 0.25) is 0 Å². The summed E-state index contributed by atoms with van der Waals surface area (Å²) < 4.78 is 63.2. The average Bonchev–Trinajstić information content (AvgIpc) is 2.95. The summed E-state index contributed by atoms with van der Waals surface area (Å²) in [5, 5.41) is 0. The van der Waals surface area contributed by atoms with E-state index in [4.69, 9.17) is 58.5 Å². The quantitative estimate of drug-likeness (QED) is 0.0598. The van der Waals surface area contributed by atoms with Crippen LogP contribution in [0.25, 0.3) is 0 Å². The van der Waals surface area contributed by atoms with Crippen molar-refractivity contribution in [3.63, 3.8) is 0 Å². The number of terminal acetylenes is 1. The maximum absolute atomic E-state index is 10.8. The number of hydrogen-bond acceptors (Lipinski definition) is 13. The topological polar surface area (TPSA) is 128 Å². The lowest BCUT2D eigenvalue weighted by Crippen LogP contribution is -2.16. The Morgan fingerprint density at radius 3 is 0.897 bits per heavy atom. The first kappa shape index (κ1) is 37.6. The van der Waals surface area contributed by atoms with E-state index >= 15 is 0 Å². The monoisotopic (exact) mass is 568 g/mol. The predicted molar refractivity (Wildman–Crippen MR) is 140 cm³/mol. The molecule has 13 heteroatoms. The Kier molecular flexibility index (Phi) is 33.4. The largest absolute Gasteiger partial charge is 0.467 e. The van der Waals surface area contributed by atoms with E-state index in [1.807, 2.05) is 0 Å². The van der Waals surface area contributed by atoms with Crippen molar-refractivity contribution in [3.8, 4) is 12.3 Å². The van der Waals surface area contributed by atoms with Crippen LogP contribution in [0, 0.1) is 12.3 Å². The molecule has 0 heterocycles. The van der Waals surface area contributed by atoms with Gasteiger partial charge in [-0.1, -0.05) is 5.92 Å². The smallest absolute Gasteiger partial charge is 0.331 e. The van der Waals surface area contributed by atoms with Gasteiger partial charge >= 0.3 is 5.97 Å². The fourth-order valence-electron chi connectivity index (χ4n) is 2.44. The van der Waals surface area contributed by atoms with E-state index in [1.165, 1.54) is 7.11 Å². The molecule has 0 amide bonds. The van der Waals surface area contributed by atoms with Crippen molar-refractivity contribution in [2.45, 2.75) is 0 Å². The minimum Gasteiger partial charge on any atom is -0.467 e. The van der Waals surface area contributed by atoms with E-state index < -0.39 is 5.97 Å². The number of rotatable bonds is 33. The van der Waals surface area contributed by atoms with Crippen molar-refractivity contribution in [2.75, 3.05) is 152 Å². The molecule has 39 heavy (non-hydrogen) atoms. The summed E-state index contributed by atoms with van der Waals surface area (Å²) in [6.45, 7) is 9.81. The first-order chi connectivity index (χ1) is 19.3. The van der Waals surface area contributed by atoms with E-state index in [9.17, 15) is 4.79 Å². The summed E-state index contributed by atoms with van der Waals surface area (Å²) in [5.74, 6) is 1.98. The fraction of sp³-hybridized carbons (Fsp3) is 0.885. The Hall–Kier alpha value is -1.41. The van der Waals surface area contributed by atoms with Gasteiger partial charge in [0, 0.05) is 0 Å². The standard InChI is InChI=1S/C26H48O13/c1-3-4-29-5-6-30-7-8-31-9-10-32-11-12-33-13-14-34-15-16-35-17-18-36-19-20-37-21-22-38-23-24-39-25-26(27)28-2/h1H,4-25H2,2H3. The minimum absolute atomic E-state index is 0.0701. The van der Waals surface area contributed by atoms with E-state index in [-0.39, 0.29) is 6.61 Å². The zero-order valence-corrected chi connectivity index (χ0v) is 23.4. The van der Waals surface area contributed by atoms with Gasteiger partial charge < -0.3 is 56.8 Å². The highest BCUT2D eigenvalue weighted by molar-refractivity contribution is 5.70. The third-order valence-electron chi connectivity index (χ3n) is 4.35. The van der Waals surface area contributed by atoms with Crippen molar-refractivity contribution >= 4 is 5.97 Å². The molecule has 0 aliphatic heterocycles. The van der Waals surface area contributed by atoms with Crippen LogP contribution in [0.1, 0.15) is 0 Å². The van der Waals surface area contributed by atoms with Crippen LogP contribution in [-0.4, -0.2) is 158 Å². The molecule has 0 aliphatic carbocycles. The highest BCUT2D eigenvalue weighted by Gasteiger charge is 1.99. The van der Waals surface area contributed by atoms with Crippen LogP contribution in [0.4, 0.5) is 0 Å². The molecule has 230 valence electrons. The number of methoxy groups -OCH3 is 1. The maximum atomic E-state index is 10.8. The molecule has 0 aromatic rings. The molecule has 0 aromatic heterocycles. The molecule has 0 aromatic carbocycles. The van der Waals surface area contributed by atoms with Gasteiger partial charge in [-0.25, -0.2) is 4.79 Å². The molecule has 0 saturated heterocycles. The molecular formula is C26H48O13. The third-order valence-corrected chi connectivity index (χ3v) is 4.35. The van der Waals surface area contributed by atoms with Crippen LogP contribution >= 0.6 is 0 Å². The maximum Gasteiger partial charge on any atom is 0.331 e. The first-order valence-corrected chi connectivity index (χ1v) is 13.2. The molecule has 0 atom stereocenters. The van der Waals surface area contributed by atoms with Gasteiger partial charge in [0.1, 0.15) is 13.2 Å². The van der Waals surface area contributed by atoms with Crippen LogP contribution in [0.2, 0.25) is 0 Å². The second-order valence-electron chi connectivity index (χ2n) is 7.40. The van der Waals surface area contributed by atoms with Crippen molar-refractivity contribution < 1.29 is 61.6 Å². The van der Waals surface area contributed by atoms with Gasteiger partial charge in [0.05, 0.1) is 139 Å². The highest BCUT2D eigenvalue weighted by atomic mass is 16.6. The normalized spacial score (nSPS) is 11.1. The summed E-state index contributed by atoms with van der Waals surface area (Å²) in [6, 6.07) is 0. The Labute approximate surface area is 232 Å². The third kappa shape index (κ3) is 34.6. The first-order valence-electron chi connectivity index (χ1n) is 13.2. The fourth-order valence-corrected chi connectivity index (χ4v) is 2.44. The van der Waals surface area contributed by atoms with Crippen molar-refractivity contribution in [1.29, 1.82) is 0 Å². The lowest BCUT2D eigenvalue weighted by molar-refractivity contribution is -0.146. The zero-order chi connectivity index (χ0) is 28.3. The molecule has 0 N–H and O–H groups in total. The van der Waals surface area contributed by atoms with E-state index in [0.29, 0.717) is 139 Å². The van der Waals surface area contributed by atoms with Crippen molar-refractivity contribution in [1.82, 2.24) is 0 Å². The molecule has 0 radical (unpaired) electrons. The number of carbonyl (C=O) groups excluding carboxylic acids is 1. The van der Waals surface area contributed by atoms with Crippen molar-refractivity contribution in [3.05, 3.63) is 0 Å². The van der Waals surface area contributed by atoms with Crippen LogP contribution in [-0.2, 0) is 61.6 Å². The van der Waals surface area contributed by atoms with Gasteiger partial charge in [-0.15, -0.1) is 6.42 Å². The second-order valence-corrected chi connectivity index (χ2v) is 7.40. The van der Waals surface area contributed by atoms with Gasteiger partial charge in [-0.05, 0) is 0 Å². The zero-order valence-electron chi connectivity index (χ0n) is 23.4. The number of carbonyl (C=O) groups is 1. The second kappa shape index (κ2) is 34.6. The molecule has 0 unspecified atom stereocenters.